The van der Waals surface area contributed by atoms with E-state index in [2.05, 4.69) is 10.3 Å². The van der Waals surface area contributed by atoms with Crippen LogP contribution in [0.4, 0.5) is 5.82 Å². The number of pyridine rings is 1. The van der Waals surface area contributed by atoms with E-state index in [4.69, 9.17) is 31.2 Å². The van der Waals surface area contributed by atoms with E-state index in [0.29, 0.717) is 10.6 Å². The van der Waals surface area contributed by atoms with Gasteiger partial charge in [0.05, 0.1) is 0 Å². The second kappa shape index (κ2) is 6.71. The van der Waals surface area contributed by atoms with Gasteiger partial charge in [-0.2, -0.15) is 0 Å². The highest BCUT2D eigenvalue weighted by Gasteiger charge is 2.43. The third kappa shape index (κ3) is 4.86. The molecule has 1 heterocycles. The summed E-state index contributed by atoms with van der Waals surface area (Å²) < 4.78 is 22.5. The third-order valence-corrected chi connectivity index (χ3v) is 6.44. The lowest BCUT2D eigenvalue weighted by Crippen LogP contribution is -2.20. The molecule has 0 bridgehead atoms. The van der Waals surface area contributed by atoms with Crippen molar-refractivity contribution >= 4 is 32.6 Å². The minimum atomic E-state index is -5.09. The minimum Gasteiger partial charge on any atom is -0.346 e. The number of anilines is 1. The maximum absolute atomic E-state index is 11.3. The zero-order valence-corrected chi connectivity index (χ0v) is 14.0. The summed E-state index contributed by atoms with van der Waals surface area (Å²) in [5, 5.41) is 2.66. The van der Waals surface area contributed by atoms with Gasteiger partial charge in [-0.1, -0.05) is 23.7 Å². The number of rotatable bonds is 5. The normalized spacial score (nSPS) is 12.4. The van der Waals surface area contributed by atoms with Gasteiger partial charge in [0, 0.05) is 11.2 Å². The van der Waals surface area contributed by atoms with Gasteiger partial charge in [-0.05, 0) is 35.4 Å². The predicted octanol–water partition coefficient (Wildman–Crippen LogP) is 2.45. The van der Waals surface area contributed by atoms with Crippen molar-refractivity contribution < 1.29 is 28.7 Å². The van der Waals surface area contributed by atoms with Crippen molar-refractivity contribution in [2.75, 3.05) is 5.32 Å². The van der Waals surface area contributed by atoms with Crippen LogP contribution in [0, 0.1) is 0 Å². The number of nitrogens with zero attached hydrogens (tertiary/aromatic N) is 1. The van der Waals surface area contributed by atoms with Crippen molar-refractivity contribution in [3.05, 3.63) is 47.6 Å². The van der Waals surface area contributed by atoms with E-state index in [1.54, 1.807) is 30.3 Å². The van der Waals surface area contributed by atoms with E-state index in [0.717, 1.165) is 5.56 Å². The Bertz CT molecular complexity index is 766. The van der Waals surface area contributed by atoms with Crippen LogP contribution in [0.3, 0.4) is 0 Å². The van der Waals surface area contributed by atoms with E-state index >= 15 is 0 Å². The van der Waals surface area contributed by atoms with Crippen molar-refractivity contribution in [2.45, 2.75) is 5.52 Å². The van der Waals surface area contributed by atoms with Crippen molar-refractivity contribution in [2.24, 2.45) is 0 Å². The molecule has 0 radical (unpaired) electrons. The summed E-state index contributed by atoms with van der Waals surface area (Å²) in [6.07, 6.45) is 1.35. The molecule has 8 nitrogen and oxygen atoms in total. The lowest BCUT2D eigenvalue weighted by molar-refractivity contribution is 0.343. The Labute approximate surface area is 136 Å². The van der Waals surface area contributed by atoms with Gasteiger partial charge in [0.1, 0.15) is 5.82 Å². The summed E-state index contributed by atoms with van der Waals surface area (Å²) in [5.74, 6) is -0.0749. The molecule has 0 aliphatic rings. The zero-order valence-electron chi connectivity index (χ0n) is 11.4. The number of benzene rings is 1. The smallest absolute Gasteiger partial charge is 0.346 e. The molecule has 0 aliphatic heterocycles. The average Bonchev–Trinajstić information content (AvgIpc) is 2.43. The Hall–Kier alpha value is -1.24. The summed E-state index contributed by atoms with van der Waals surface area (Å²) in [7, 11) is -10.2. The SMILES string of the molecule is O=P(O)(O)C(Nc1cc(-c2ccc(Cl)cc2)ccn1)P(=O)(O)O. The second-order valence-electron chi connectivity index (χ2n) is 4.63. The number of aromatic nitrogens is 1. The maximum Gasteiger partial charge on any atom is 0.360 e. The Balaban J connectivity index is 2.34. The van der Waals surface area contributed by atoms with E-state index < -0.39 is 20.7 Å². The quantitative estimate of drug-likeness (QED) is 0.500. The van der Waals surface area contributed by atoms with Gasteiger partial charge >= 0.3 is 15.2 Å². The molecule has 2 aromatic rings. The first-order chi connectivity index (χ1) is 10.6. The molecule has 1 aromatic heterocycles. The lowest BCUT2D eigenvalue weighted by atomic mass is 10.1. The van der Waals surface area contributed by atoms with Gasteiger partial charge in [-0.15, -0.1) is 0 Å². The molecular formula is C12H13ClN2O6P2. The molecule has 0 saturated carbocycles. The van der Waals surface area contributed by atoms with E-state index in [-0.39, 0.29) is 5.82 Å². The second-order valence-corrected chi connectivity index (χ2v) is 8.87. The summed E-state index contributed by atoms with van der Waals surface area (Å²) in [4.78, 5) is 40.2. The molecule has 2 rings (SSSR count). The van der Waals surface area contributed by atoms with Gasteiger partial charge < -0.3 is 24.9 Å². The fraction of sp³-hybridized carbons (Fsp3) is 0.0833. The molecule has 0 saturated heterocycles. The van der Waals surface area contributed by atoms with Gasteiger partial charge in [0.15, 0.2) is 0 Å². The summed E-state index contributed by atoms with van der Waals surface area (Å²) >= 11 is 5.80. The standard InChI is InChI=1S/C12H13ClN2O6P2/c13-10-3-1-8(2-4-10)9-5-6-14-11(7-9)15-12(22(16,17)18)23(19,20)21/h1-7,12H,(H,14,15)(H2,16,17,18)(H2,19,20,21). The summed E-state index contributed by atoms with van der Waals surface area (Å²) in [5.41, 5.74) is -0.971. The fourth-order valence-corrected chi connectivity index (χ4v) is 4.12. The molecule has 1 aromatic carbocycles. The summed E-state index contributed by atoms with van der Waals surface area (Å²) in [6.45, 7) is 0. The van der Waals surface area contributed by atoms with Crippen LogP contribution in [-0.2, 0) is 9.13 Å². The first-order valence-electron chi connectivity index (χ1n) is 6.16. The molecule has 0 spiro atoms. The molecule has 0 amide bonds. The number of nitrogens with one attached hydrogen (secondary N) is 1. The fourth-order valence-electron chi connectivity index (χ4n) is 1.83. The van der Waals surface area contributed by atoms with Crippen molar-refractivity contribution in [3.63, 3.8) is 0 Å². The minimum absolute atomic E-state index is 0.0749. The lowest BCUT2D eigenvalue weighted by Gasteiger charge is -2.21. The Morgan fingerprint density at radius 3 is 2.04 bits per heavy atom. The Morgan fingerprint density at radius 1 is 0.957 bits per heavy atom. The van der Waals surface area contributed by atoms with Crippen LogP contribution < -0.4 is 5.32 Å². The summed E-state index contributed by atoms with van der Waals surface area (Å²) in [6, 6.07) is 9.84. The van der Waals surface area contributed by atoms with Gasteiger partial charge in [0.25, 0.3) is 0 Å². The first-order valence-corrected chi connectivity index (χ1v) is 9.90. The molecular weight excluding hydrogens is 366 g/mol. The molecule has 23 heavy (non-hydrogen) atoms. The van der Waals surface area contributed by atoms with Crippen LogP contribution in [-0.4, -0.2) is 30.1 Å². The highest BCUT2D eigenvalue weighted by atomic mass is 35.5. The molecule has 124 valence electrons. The largest absolute Gasteiger partial charge is 0.360 e. The molecule has 0 atom stereocenters. The van der Waals surface area contributed by atoms with Crippen LogP contribution in [0.15, 0.2) is 42.6 Å². The van der Waals surface area contributed by atoms with Gasteiger partial charge in [-0.25, -0.2) is 4.98 Å². The highest BCUT2D eigenvalue weighted by molar-refractivity contribution is 7.71. The van der Waals surface area contributed by atoms with Crippen LogP contribution in [0.2, 0.25) is 5.02 Å². The highest BCUT2D eigenvalue weighted by Crippen LogP contribution is 2.59. The van der Waals surface area contributed by atoms with Crippen molar-refractivity contribution in [1.29, 1.82) is 0 Å². The maximum atomic E-state index is 11.3. The predicted molar refractivity (Wildman–Crippen MR) is 86.2 cm³/mol. The van der Waals surface area contributed by atoms with Gasteiger partial charge in [0.2, 0.25) is 5.52 Å². The first kappa shape index (κ1) is 18.1. The molecule has 5 N–H and O–H groups in total. The van der Waals surface area contributed by atoms with Crippen LogP contribution >= 0.6 is 26.8 Å². The Morgan fingerprint density at radius 2 is 1.52 bits per heavy atom. The zero-order chi connectivity index (χ0) is 17.3. The monoisotopic (exact) mass is 378 g/mol. The molecule has 11 heteroatoms. The number of hydrogen-bond acceptors (Lipinski definition) is 4. The molecule has 0 aliphatic carbocycles. The average molecular weight is 379 g/mol. The third-order valence-electron chi connectivity index (χ3n) is 2.85. The van der Waals surface area contributed by atoms with Crippen LogP contribution in [0.1, 0.15) is 0 Å². The van der Waals surface area contributed by atoms with Gasteiger partial charge in [-0.3, -0.25) is 9.13 Å². The topological polar surface area (TPSA) is 140 Å². The van der Waals surface area contributed by atoms with Crippen LogP contribution in [0.5, 0.6) is 0 Å². The van der Waals surface area contributed by atoms with Crippen molar-refractivity contribution in [3.8, 4) is 11.1 Å². The Kier molecular flexibility index (Phi) is 5.28. The van der Waals surface area contributed by atoms with E-state index in [1.807, 2.05) is 0 Å². The molecule has 0 unspecified atom stereocenters. The van der Waals surface area contributed by atoms with E-state index in [9.17, 15) is 9.13 Å². The molecule has 0 fully saturated rings. The number of hydrogen-bond donors (Lipinski definition) is 5. The van der Waals surface area contributed by atoms with E-state index in [1.165, 1.54) is 12.3 Å². The number of halogens is 1. The van der Waals surface area contributed by atoms with Crippen molar-refractivity contribution in [1.82, 2.24) is 4.98 Å². The van der Waals surface area contributed by atoms with Crippen LogP contribution in [0.25, 0.3) is 11.1 Å².